The number of hydrogen-bond acceptors (Lipinski definition) is 8. The number of hydrogen-bond donors (Lipinski definition) is 0. The molecule has 0 amide bonds. The van der Waals surface area contributed by atoms with Gasteiger partial charge in [0, 0.05) is 30.1 Å². The summed E-state index contributed by atoms with van der Waals surface area (Å²) in [5, 5.41) is 0. The first-order valence-electron chi connectivity index (χ1n) is 10.0. The predicted molar refractivity (Wildman–Crippen MR) is 113 cm³/mol. The Hall–Kier alpha value is -3.13. The zero-order chi connectivity index (χ0) is 22.1. The summed E-state index contributed by atoms with van der Waals surface area (Å²) in [5.74, 6) is 3.24. The van der Waals surface area contributed by atoms with E-state index in [0.717, 1.165) is 24.1 Å². The summed E-state index contributed by atoms with van der Waals surface area (Å²) in [6.07, 6.45) is 1.10. The van der Waals surface area contributed by atoms with Gasteiger partial charge in [-0.05, 0) is 37.2 Å². The van der Waals surface area contributed by atoms with Crippen LogP contribution in [0, 0.1) is 0 Å². The van der Waals surface area contributed by atoms with Crippen LogP contribution in [0.1, 0.15) is 33.9 Å². The molecule has 2 aliphatic rings. The molecule has 166 valence electrons. The molecule has 31 heavy (non-hydrogen) atoms. The summed E-state index contributed by atoms with van der Waals surface area (Å²) in [6.45, 7) is 0.989. The molecule has 8 heteroatoms. The molecule has 0 N–H and O–H groups in total. The number of rotatable bonds is 7. The molecule has 8 nitrogen and oxygen atoms in total. The van der Waals surface area contributed by atoms with Crippen molar-refractivity contribution in [3.05, 3.63) is 34.9 Å². The number of ether oxygens (including phenoxy) is 6. The summed E-state index contributed by atoms with van der Waals surface area (Å²) in [7, 11) is 8.23. The van der Waals surface area contributed by atoms with Gasteiger partial charge in [0.25, 0.3) is 0 Å². The van der Waals surface area contributed by atoms with Crippen LogP contribution in [0.25, 0.3) is 0 Å². The highest BCUT2D eigenvalue weighted by Crippen LogP contribution is 2.50. The number of likely N-dealkylation sites (N-methyl/N-ethyl adjacent to an activating group) is 1. The highest BCUT2D eigenvalue weighted by Gasteiger charge is 2.35. The lowest BCUT2D eigenvalue weighted by atomic mass is 9.87. The van der Waals surface area contributed by atoms with Crippen molar-refractivity contribution in [1.29, 1.82) is 0 Å². The van der Waals surface area contributed by atoms with Crippen LogP contribution in [0.2, 0.25) is 0 Å². The van der Waals surface area contributed by atoms with E-state index in [9.17, 15) is 4.79 Å². The average Bonchev–Trinajstić information content (AvgIpc) is 3.26. The molecule has 4 rings (SSSR count). The maximum absolute atomic E-state index is 13.4. The Morgan fingerprint density at radius 2 is 1.68 bits per heavy atom. The van der Waals surface area contributed by atoms with Crippen molar-refractivity contribution in [2.24, 2.45) is 0 Å². The van der Waals surface area contributed by atoms with Crippen LogP contribution in [-0.4, -0.2) is 59.5 Å². The van der Waals surface area contributed by atoms with Crippen LogP contribution in [0.5, 0.6) is 34.5 Å². The van der Waals surface area contributed by atoms with E-state index >= 15 is 0 Å². The monoisotopic (exact) mass is 429 g/mol. The van der Waals surface area contributed by atoms with Crippen molar-refractivity contribution in [1.82, 2.24) is 4.90 Å². The molecule has 0 aromatic heterocycles. The van der Waals surface area contributed by atoms with E-state index in [1.54, 1.807) is 19.2 Å². The fourth-order valence-electron chi connectivity index (χ4n) is 4.32. The van der Waals surface area contributed by atoms with Gasteiger partial charge in [-0.3, -0.25) is 9.69 Å². The molecule has 0 unspecified atom stereocenters. The zero-order valence-corrected chi connectivity index (χ0v) is 18.4. The Balaban J connectivity index is 1.72. The summed E-state index contributed by atoms with van der Waals surface area (Å²) < 4.78 is 33.1. The molecule has 0 bridgehead atoms. The molecule has 0 saturated carbocycles. The molecule has 2 aromatic rings. The van der Waals surface area contributed by atoms with Crippen molar-refractivity contribution >= 4 is 5.78 Å². The van der Waals surface area contributed by atoms with Crippen LogP contribution < -0.4 is 28.4 Å². The Morgan fingerprint density at radius 3 is 2.29 bits per heavy atom. The van der Waals surface area contributed by atoms with Crippen LogP contribution >= 0.6 is 0 Å². The van der Waals surface area contributed by atoms with Gasteiger partial charge in [0.2, 0.25) is 18.3 Å². The number of ketones is 1. The number of methoxy groups -OCH3 is 4. The first kappa shape index (κ1) is 21.1. The van der Waals surface area contributed by atoms with E-state index in [0.29, 0.717) is 40.1 Å². The molecule has 0 radical (unpaired) electrons. The van der Waals surface area contributed by atoms with Gasteiger partial charge < -0.3 is 28.4 Å². The fraction of sp³-hybridized carbons (Fsp3) is 0.435. The summed E-state index contributed by atoms with van der Waals surface area (Å²) in [4.78, 5) is 15.5. The number of benzene rings is 2. The molecular weight excluding hydrogens is 402 g/mol. The number of fused-ring (bicyclic) bond motifs is 2. The molecule has 2 aromatic carbocycles. The third-order valence-electron chi connectivity index (χ3n) is 5.91. The number of Topliss-reactive ketones (excluding diaryl/α,β-unsaturated/α-hetero) is 1. The van der Waals surface area contributed by atoms with Gasteiger partial charge in [0.1, 0.15) is 0 Å². The highest BCUT2D eigenvalue weighted by molar-refractivity contribution is 5.98. The SMILES string of the molecule is COc1cc(C(=O)C[C@@H]2c3c(cc4c(c3OC)OCO4)CCN2C)cc(OC)c1OC. The van der Waals surface area contributed by atoms with Crippen molar-refractivity contribution in [2.45, 2.75) is 18.9 Å². The third-order valence-corrected chi connectivity index (χ3v) is 5.91. The molecule has 0 fully saturated rings. The minimum absolute atomic E-state index is 0.0383. The fourth-order valence-corrected chi connectivity index (χ4v) is 4.32. The second-order valence-corrected chi connectivity index (χ2v) is 7.50. The summed E-state index contributed by atoms with van der Waals surface area (Å²) in [6, 6.07) is 5.21. The lowest BCUT2D eigenvalue weighted by molar-refractivity contribution is 0.0924. The Bertz CT molecular complexity index is 979. The second kappa shape index (κ2) is 8.55. The lowest BCUT2D eigenvalue weighted by Crippen LogP contribution is -2.34. The first-order chi connectivity index (χ1) is 15.0. The Morgan fingerprint density at radius 1 is 1.00 bits per heavy atom. The second-order valence-electron chi connectivity index (χ2n) is 7.50. The van der Waals surface area contributed by atoms with E-state index in [2.05, 4.69) is 4.90 Å². The number of nitrogens with zero attached hydrogens (tertiary/aromatic N) is 1. The first-order valence-corrected chi connectivity index (χ1v) is 10.0. The minimum atomic E-state index is -0.167. The highest BCUT2D eigenvalue weighted by atomic mass is 16.7. The molecular formula is C23H27NO7. The van der Waals surface area contributed by atoms with Crippen LogP contribution in [0.4, 0.5) is 0 Å². The van der Waals surface area contributed by atoms with Crippen LogP contribution in [-0.2, 0) is 6.42 Å². The molecule has 0 saturated heterocycles. The maximum atomic E-state index is 13.4. The summed E-state index contributed by atoms with van der Waals surface area (Å²) in [5.41, 5.74) is 2.58. The minimum Gasteiger partial charge on any atom is -0.493 e. The molecule has 2 heterocycles. The zero-order valence-electron chi connectivity index (χ0n) is 18.4. The Kier molecular flexibility index (Phi) is 5.82. The van der Waals surface area contributed by atoms with Crippen LogP contribution in [0.3, 0.4) is 0 Å². The maximum Gasteiger partial charge on any atom is 0.231 e. The lowest BCUT2D eigenvalue weighted by Gasteiger charge is -2.35. The van der Waals surface area contributed by atoms with Gasteiger partial charge in [-0.25, -0.2) is 0 Å². The van der Waals surface area contributed by atoms with Gasteiger partial charge in [0.15, 0.2) is 28.8 Å². The van der Waals surface area contributed by atoms with Crippen molar-refractivity contribution in [2.75, 3.05) is 48.8 Å². The average molecular weight is 429 g/mol. The number of carbonyl (C=O) groups is 1. The van der Waals surface area contributed by atoms with Crippen molar-refractivity contribution in [3.63, 3.8) is 0 Å². The van der Waals surface area contributed by atoms with Crippen molar-refractivity contribution < 1.29 is 33.2 Å². The molecule has 0 aliphatic carbocycles. The molecule has 2 aliphatic heterocycles. The van der Waals surface area contributed by atoms with Crippen molar-refractivity contribution in [3.8, 4) is 34.5 Å². The molecule has 0 spiro atoms. The van der Waals surface area contributed by atoms with E-state index < -0.39 is 0 Å². The van der Waals surface area contributed by atoms with E-state index in [1.807, 2.05) is 13.1 Å². The van der Waals surface area contributed by atoms with Gasteiger partial charge in [-0.1, -0.05) is 0 Å². The van der Waals surface area contributed by atoms with Gasteiger partial charge in [0.05, 0.1) is 28.4 Å². The van der Waals surface area contributed by atoms with Gasteiger partial charge in [-0.2, -0.15) is 0 Å². The normalized spacial score (nSPS) is 17.1. The van der Waals surface area contributed by atoms with E-state index in [-0.39, 0.29) is 25.0 Å². The number of carbonyl (C=O) groups excluding carboxylic acids is 1. The quantitative estimate of drug-likeness (QED) is 0.621. The summed E-state index contributed by atoms with van der Waals surface area (Å²) >= 11 is 0. The topological polar surface area (TPSA) is 75.7 Å². The van der Waals surface area contributed by atoms with E-state index in [1.165, 1.54) is 21.3 Å². The van der Waals surface area contributed by atoms with Gasteiger partial charge >= 0.3 is 0 Å². The smallest absolute Gasteiger partial charge is 0.231 e. The van der Waals surface area contributed by atoms with E-state index in [4.69, 9.17) is 28.4 Å². The molecule has 1 atom stereocenters. The third kappa shape index (κ3) is 3.61. The van der Waals surface area contributed by atoms with Crippen LogP contribution in [0.15, 0.2) is 18.2 Å². The Labute approximate surface area is 181 Å². The predicted octanol–water partition coefficient (Wildman–Crippen LogP) is 3.25. The standard InChI is InChI=1S/C23H27NO7/c1-24-7-6-13-8-19-22(31-12-30-19)23(29-5)20(13)15(24)11-16(25)14-9-17(26-2)21(28-4)18(10-14)27-3/h8-10,15H,6-7,11-12H2,1-5H3/t15-/m1/s1. The largest absolute Gasteiger partial charge is 0.493 e. The van der Waals surface area contributed by atoms with Gasteiger partial charge in [-0.15, -0.1) is 0 Å².